The predicted molar refractivity (Wildman–Crippen MR) is 160 cm³/mol. The van der Waals surface area contributed by atoms with Crippen LogP contribution < -0.4 is 0 Å². The number of halogens is 2. The number of hydrogen-bond donors (Lipinski definition) is 0. The number of aromatic nitrogens is 1. The van der Waals surface area contributed by atoms with Crippen molar-refractivity contribution in [3.63, 3.8) is 0 Å². The minimum Gasteiger partial charge on any atom is -0.342 e. The highest BCUT2D eigenvalue weighted by atomic mass is 35.5. The highest BCUT2D eigenvalue weighted by molar-refractivity contribution is 6.42. The van der Waals surface area contributed by atoms with Gasteiger partial charge in [0.1, 0.15) is 0 Å². The first-order valence-electron chi connectivity index (χ1n) is 13.6. The topological polar surface area (TPSA) is 54.7 Å². The average molecular weight is 576 g/mol. The van der Waals surface area contributed by atoms with E-state index < -0.39 is 11.8 Å². The molecule has 2 heterocycles. The van der Waals surface area contributed by atoms with Crippen molar-refractivity contribution in [1.82, 2.24) is 9.58 Å². The van der Waals surface area contributed by atoms with E-state index in [9.17, 15) is 9.59 Å². The molecule has 5 aromatic rings. The Bertz CT molecular complexity index is 1830. The third-order valence-corrected chi connectivity index (χ3v) is 9.63. The standard InChI is InChI=1S/C34H23Cl2N3O2/c35-26-14-13-19(15-27(26)36)17-38-18-20(21-7-5-6-12-28(21)38)16-37-39-33(40)31-29-22-8-1-2-9-23(22)30(32(31)34(39)41)25-11-4-3-10-24(25)29/h1-16,18,29-32H,17H2/b37-16-/t29?,30?,31-,32-/m1/s1. The Kier molecular flexibility index (Phi) is 5.50. The van der Waals surface area contributed by atoms with Crippen molar-refractivity contribution in [3.8, 4) is 0 Å². The van der Waals surface area contributed by atoms with Crippen molar-refractivity contribution in [2.45, 2.75) is 18.4 Å². The lowest BCUT2D eigenvalue weighted by Crippen LogP contribution is -2.41. The second-order valence-electron chi connectivity index (χ2n) is 11.0. The fraction of sp³-hybridized carbons (Fsp3) is 0.147. The number of fused-ring (bicyclic) bond motifs is 1. The molecule has 1 saturated heterocycles. The summed E-state index contributed by atoms with van der Waals surface area (Å²) in [6.07, 6.45) is 3.63. The molecule has 5 nitrogen and oxygen atoms in total. The van der Waals surface area contributed by atoms with Crippen molar-refractivity contribution < 1.29 is 9.59 Å². The molecule has 7 heteroatoms. The molecule has 3 aliphatic carbocycles. The fourth-order valence-electron chi connectivity index (χ4n) is 7.24. The summed E-state index contributed by atoms with van der Waals surface area (Å²) < 4.78 is 2.11. The summed E-state index contributed by atoms with van der Waals surface area (Å²) in [5.41, 5.74) is 7.43. The number of nitrogens with zero attached hydrogens (tertiary/aromatic N) is 3. The van der Waals surface area contributed by atoms with Gasteiger partial charge in [-0.15, -0.1) is 0 Å². The van der Waals surface area contributed by atoms with Crippen LogP contribution in [0.2, 0.25) is 10.0 Å². The molecule has 200 valence electrons. The predicted octanol–water partition coefficient (Wildman–Crippen LogP) is 7.22. The van der Waals surface area contributed by atoms with Crippen molar-refractivity contribution in [2.24, 2.45) is 16.9 Å². The Morgan fingerprint density at radius 1 is 0.707 bits per heavy atom. The molecule has 0 radical (unpaired) electrons. The Labute approximate surface area is 246 Å². The minimum absolute atomic E-state index is 0.151. The minimum atomic E-state index is -0.453. The summed E-state index contributed by atoms with van der Waals surface area (Å²) in [6.45, 7) is 0.580. The molecule has 1 aliphatic heterocycles. The number of para-hydroxylation sites is 1. The molecule has 2 amide bonds. The van der Waals surface area contributed by atoms with Crippen LogP contribution in [-0.2, 0) is 16.1 Å². The van der Waals surface area contributed by atoms with Gasteiger partial charge in [-0.05, 0) is 46.0 Å². The zero-order valence-corrected chi connectivity index (χ0v) is 23.3. The van der Waals surface area contributed by atoms with Crippen molar-refractivity contribution in [3.05, 3.63) is 141 Å². The van der Waals surface area contributed by atoms with E-state index in [-0.39, 0.29) is 23.7 Å². The van der Waals surface area contributed by atoms with E-state index >= 15 is 0 Å². The van der Waals surface area contributed by atoms with E-state index in [4.69, 9.17) is 23.2 Å². The molecular formula is C34H23Cl2N3O2. The summed E-state index contributed by atoms with van der Waals surface area (Å²) >= 11 is 12.4. The molecule has 2 bridgehead atoms. The van der Waals surface area contributed by atoms with Crippen LogP contribution in [0.1, 0.15) is 45.2 Å². The number of hydrazone groups is 1. The number of hydrogen-bond acceptors (Lipinski definition) is 3. The van der Waals surface area contributed by atoms with Crippen LogP contribution in [0.5, 0.6) is 0 Å². The summed E-state index contributed by atoms with van der Waals surface area (Å²) in [6, 6.07) is 30.1. The van der Waals surface area contributed by atoms with Crippen LogP contribution in [0.15, 0.2) is 102 Å². The van der Waals surface area contributed by atoms with Crippen LogP contribution >= 0.6 is 23.2 Å². The third kappa shape index (κ3) is 3.59. The average Bonchev–Trinajstić information content (AvgIpc) is 3.47. The van der Waals surface area contributed by atoms with E-state index in [0.29, 0.717) is 16.6 Å². The third-order valence-electron chi connectivity index (χ3n) is 8.89. The maximum Gasteiger partial charge on any atom is 0.254 e. The van der Waals surface area contributed by atoms with Gasteiger partial charge in [-0.3, -0.25) is 9.59 Å². The first-order valence-corrected chi connectivity index (χ1v) is 14.4. The van der Waals surface area contributed by atoms with E-state index in [1.165, 1.54) is 0 Å². The van der Waals surface area contributed by atoms with E-state index in [1.54, 1.807) is 12.3 Å². The van der Waals surface area contributed by atoms with E-state index in [0.717, 1.165) is 49.3 Å². The fourth-order valence-corrected chi connectivity index (χ4v) is 7.56. The summed E-state index contributed by atoms with van der Waals surface area (Å²) in [5, 5.41) is 7.68. The molecule has 0 N–H and O–H groups in total. The van der Waals surface area contributed by atoms with E-state index in [2.05, 4.69) is 33.9 Å². The van der Waals surface area contributed by atoms with Gasteiger partial charge in [0.15, 0.2) is 0 Å². The van der Waals surface area contributed by atoms with Crippen LogP contribution in [0.3, 0.4) is 0 Å². The molecule has 0 unspecified atom stereocenters. The lowest BCUT2D eigenvalue weighted by atomic mass is 9.55. The smallest absolute Gasteiger partial charge is 0.254 e. The number of carbonyl (C=O) groups is 2. The van der Waals surface area contributed by atoms with Crippen molar-refractivity contribution in [2.75, 3.05) is 0 Å². The number of carbonyl (C=O) groups excluding carboxylic acids is 2. The zero-order chi connectivity index (χ0) is 27.8. The van der Waals surface area contributed by atoms with Crippen LogP contribution in [-0.4, -0.2) is 27.6 Å². The Morgan fingerprint density at radius 2 is 1.27 bits per heavy atom. The monoisotopic (exact) mass is 575 g/mol. The quantitative estimate of drug-likeness (QED) is 0.168. The molecule has 2 atom stereocenters. The second kappa shape index (κ2) is 9.16. The first kappa shape index (κ1) is 24.6. The Morgan fingerprint density at radius 3 is 1.85 bits per heavy atom. The molecule has 41 heavy (non-hydrogen) atoms. The number of amides is 2. The van der Waals surface area contributed by atoms with Gasteiger partial charge < -0.3 is 4.57 Å². The Balaban J connectivity index is 1.16. The highest BCUT2D eigenvalue weighted by Gasteiger charge is 2.61. The van der Waals surface area contributed by atoms with Crippen LogP contribution in [0.25, 0.3) is 10.9 Å². The number of rotatable bonds is 4. The van der Waals surface area contributed by atoms with Gasteiger partial charge in [0.2, 0.25) is 0 Å². The van der Waals surface area contributed by atoms with Crippen LogP contribution in [0, 0.1) is 11.8 Å². The molecule has 0 spiro atoms. The van der Waals surface area contributed by atoms with Gasteiger partial charge >= 0.3 is 0 Å². The van der Waals surface area contributed by atoms with Gasteiger partial charge in [-0.2, -0.15) is 10.1 Å². The number of benzene rings is 4. The Hall–Kier alpha value is -4.19. The molecule has 9 rings (SSSR count). The van der Waals surface area contributed by atoms with Gasteiger partial charge in [-0.25, -0.2) is 0 Å². The molecule has 0 saturated carbocycles. The SMILES string of the molecule is O=C1[C@@H]2C3c4ccccc4C(c4ccccc43)[C@H]2C(=O)N1/N=C\c1cn(Cc2ccc(Cl)c(Cl)c2)c2ccccc12. The molecule has 4 aromatic carbocycles. The molecule has 1 fully saturated rings. The first-order chi connectivity index (χ1) is 20.0. The molecule has 4 aliphatic rings. The van der Waals surface area contributed by atoms with Crippen LogP contribution in [0.4, 0.5) is 0 Å². The number of imide groups is 1. The summed E-state index contributed by atoms with van der Waals surface area (Å²) in [4.78, 5) is 27.8. The van der Waals surface area contributed by atoms with Gasteiger partial charge in [0, 0.05) is 41.0 Å². The van der Waals surface area contributed by atoms with Gasteiger partial charge in [-0.1, -0.05) is 96.0 Å². The molecular weight excluding hydrogens is 553 g/mol. The lowest BCUT2D eigenvalue weighted by Gasteiger charge is -2.45. The van der Waals surface area contributed by atoms with Gasteiger partial charge in [0.05, 0.1) is 28.1 Å². The highest BCUT2D eigenvalue weighted by Crippen LogP contribution is 2.61. The van der Waals surface area contributed by atoms with E-state index in [1.807, 2.05) is 66.9 Å². The van der Waals surface area contributed by atoms with Crippen molar-refractivity contribution in [1.29, 1.82) is 0 Å². The normalized spacial score (nSPS) is 22.4. The van der Waals surface area contributed by atoms with Gasteiger partial charge in [0.25, 0.3) is 11.8 Å². The maximum absolute atomic E-state index is 13.9. The summed E-state index contributed by atoms with van der Waals surface area (Å²) in [5.74, 6) is -1.66. The lowest BCUT2D eigenvalue weighted by molar-refractivity contribution is -0.139. The largest absolute Gasteiger partial charge is 0.342 e. The zero-order valence-electron chi connectivity index (χ0n) is 21.7. The van der Waals surface area contributed by atoms with Crippen molar-refractivity contribution >= 4 is 52.1 Å². The molecule has 1 aromatic heterocycles. The maximum atomic E-state index is 13.9. The second-order valence-corrected chi connectivity index (χ2v) is 11.8. The summed E-state index contributed by atoms with van der Waals surface area (Å²) in [7, 11) is 0.